The first-order chi connectivity index (χ1) is 7.70. The van der Waals surface area contributed by atoms with Gasteiger partial charge in [-0.15, -0.1) is 0 Å². The topological polar surface area (TPSA) is 58.5 Å². The van der Waals surface area contributed by atoms with Crippen molar-refractivity contribution in [3.05, 3.63) is 11.2 Å². The van der Waals surface area contributed by atoms with E-state index in [9.17, 15) is 5.11 Å². The van der Waals surface area contributed by atoms with Crippen LogP contribution in [0.4, 0.5) is 5.82 Å². The number of nitrogens with zero attached hydrogens (tertiary/aromatic N) is 3. The number of aromatic nitrogens is 2. The summed E-state index contributed by atoms with van der Waals surface area (Å²) >= 11 is 6.03. The molecule has 16 heavy (non-hydrogen) atoms. The molecule has 1 aromatic heterocycles. The highest BCUT2D eigenvalue weighted by Crippen LogP contribution is 2.26. The van der Waals surface area contributed by atoms with E-state index < -0.39 is 0 Å². The number of aliphatic hydroxyl groups is 1. The van der Waals surface area contributed by atoms with Crippen molar-refractivity contribution < 1.29 is 9.84 Å². The Bertz CT molecular complexity index is 375. The number of hydrogen-bond donors (Lipinski definition) is 1. The zero-order valence-corrected chi connectivity index (χ0v) is 9.81. The molecule has 0 amide bonds. The third-order valence-electron chi connectivity index (χ3n) is 2.58. The van der Waals surface area contributed by atoms with E-state index in [0.29, 0.717) is 23.4 Å². The fraction of sp³-hybridized carbons (Fsp3) is 0.600. The van der Waals surface area contributed by atoms with Crippen molar-refractivity contribution in [2.45, 2.75) is 18.9 Å². The first-order valence-corrected chi connectivity index (χ1v) is 5.58. The number of halogens is 1. The predicted octanol–water partition coefficient (Wildman–Crippen LogP) is 1.10. The van der Waals surface area contributed by atoms with Crippen LogP contribution in [0.1, 0.15) is 12.8 Å². The van der Waals surface area contributed by atoms with Crippen LogP contribution in [0.25, 0.3) is 0 Å². The normalized spacial score (nSPS) is 20.9. The molecule has 1 aromatic rings. The molecule has 1 unspecified atom stereocenters. The number of methoxy groups -OCH3 is 1. The van der Waals surface area contributed by atoms with Crippen molar-refractivity contribution in [1.82, 2.24) is 9.97 Å². The SMILES string of the molecule is COc1ncc(Cl)c(N2CCCC(O)C2)n1. The van der Waals surface area contributed by atoms with Gasteiger partial charge in [0.15, 0.2) is 5.82 Å². The molecule has 1 saturated heterocycles. The molecular weight excluding hydrogens is 230 g/mol. The van der Waals surface area contributed by atoms with Gasteiger partial charge >= 0.3 is 6.01 Å². The molecule has 0 radical (unpaired) electrons. The van der Waals surface area contributed by atoms with Crippen LogP contribution in [-0.2, 0) is 0 Å². The van der Waals surface area contributed by atoms with Gasteiger partial charge in [0.05, 0.1) is 19.4 Å². The quantitative estimate of drug-likeness (QED) is 0.843. The number of piperidine rings is 1. The van der Waals surface area contributed by atoms with E-state index >= 15 is 0 Å². The van der Waals surface area contributed by atoms with Gasteiger partial charge in [-0.1, -0.05) is 11.6 Å². The molecule has 0 bridgehead atoms. The first-order valence-electron chi connectivity index (χ1n) is 5.20. The molecule has 2 heterocycles. The second-order valence-corrected chi connectivity index (χ2v) is 4.18. The first kappa shape index (κ1) is 11.4. The van der Waals surface area contributed by atoms with Gasteiger partial charge in [0.25, 0.3) is 0 Å². The zero-order valence-electron chi connectivity index (χ0n) is 9.06. The molecule has 1 atom stereocenters. The third-order valence-corrected chi connectivity index (χ3v) is 2.85. The van der Waals surface area contributed by atoms with Crippen LogP contribution in [0, 0.1) is 0 Å². The molecule has 1 fully saturated rings. The van der Waals surface area contributed by atoms with Gasteiger partial charge in [-0.2, -0.15) is 4.98 Å². The van der Waals surface area contributed by atoms with Crippen molar-refractivity contribution >= 4 is 17.4 Å². The Morgan fingerprint density at radius 3 is 3.12 bits per heavy atom. The van der Waals surface area contributed by atoms with E-state index in [2.05, 4.69) is 9.97 Å². The summed E-state index contributed by atoms with van der Waals surface area (Å²) in [5.41, 5.74) is 0. The van der Waals surface area contributed by atoms with Crippen molar-refractivity contribution in [2.75, 3.05) is 25.1 Å². The van der Waals surface area contributed by atoms with Crippen LogP contribution < -0.4 is 9.64 Å². The number of β-amino-alcohol motifs (C(OH)–C–C–N with tert-alkyl or cyclic N) is 1. The minimum atomic E-state index is -0.314. The van der Waals surface area contributed by atoms with E-state index in [1.165, 1.54) is 13.3 Å². The molecule has 0 aromatic carbocycles. The molecule has 0 saturated carbocycles. The number of aliphatic hydroxyl groups excluding tert-OH is 1. The summed E-state index contributed by atoms with van der Waals surface area (Å²) < 4.78 is 4.96. The van der Waals surface area contributed by atoms with Crippen molar-refractivity contribution in [3.63, 3.8) is 0 Å². The van der Waals surface area contributed by atoms with E-state index in [0.717, 1.165) is 19.4 Å². The van der Waals surface area contributed by atoms with Gasteiger partial charge in [0.1, 0.15) is 5.02 Å². The molecule has 5 nitrogen and oxygen atoms in total. The summed E-state index contributed by atoms with van der Waals surface area (Å²) in [5.74, 6) is 0.632. The fourth-order valence-electron chi connectivity index (χ4n) is 1.81. The highest BCUT2D eigenvalue weighted by Gasteiger charge is 2.21. The van der Waals surface area contributed by atoms with Crippen LogP contribution in [0.15, 0.2) is 6.20 Å². The van der Waals surface area contributed by atoms with E-state index in [1.807, 2.05) is 4.90 Å². The van der Waals surface area contributed by atoms with Crippen molar-refractivity contribution in [3.8, 4) is 6.01 Å². The summed E-state index contributed by atoms with van der Waals surface area (Å²) in [5, 5.41) is 10.1. The molecule has 1 aliphatic rings. The lowest BCUT2D eigenvalue weighted by atomic mass is 10.1. The Morgan fingerprint density at radius 1 is 1.62 bits per heavy atom. The monoisotopic (exact) mass is 243 g/mol. The second kappa shape index (κ2) is 4.84. The fourth-order valence-corrected chi connectivity index (χ4v) is 2.02. The summed E-state index contributed by atoms with van der Waals surface area (Å²) in [6.07, 6.45) is 2.97. The number of rotatable bonds is 2. The van der Waals surface area contributed by atoms with Crippen LogP contribution in [-0.4, -0.2) is 41.4 Å². The zero-order chi connectivity index (χ0) is 11.5. The molecule has 6 heteroatoms. The highest BCUT2D eigenvalue weighted by molar-refractivity contribution is 6.32. The lowest BCUT2D eigenvalue weighted by Gasteiger charge is -2.31. The van der Waals surface area contributed by atoms with Gasteiger partial charge in [0.2, 0.25) is 0 Å². The Kier molecular flexibility index (Phi) is 3.46. The molecular formula is C10H14ClN3O2. The standard InChI is InChI=1S/C10H14ClN3O2/c1-16-10-12-5-8(11)9(13-10)14-4-2-3-7(15)6-14/h5,7,15H,2-4,6H2,1H3. The van der Waals surface area contributed by atoms with Gasteiger partial charge in [-0.3, -0.25) is 0 Å². The lowest BCUT2D eigenvalue weighted by Crippen LogP contribution is -2.38. The molecule has 1 N–H and O–H groups in total. The van der Waals surface area contributed by atoms with Gasteiger partial charge in [-0.25, -0.2) is 4.98 Å². The molecule has 1 aliphatic heterocycles. The van der Waals surface area contributed by atoms with Crippen molar-refractivity contribution in [1.29, 1.82) is 0 Å². The number of ether oxygens (including phenoxy) is 1. The van der Waals surface area contributed by atoms with Gasteiger partial charge in [-0.05, 0) is 12.8 Å². The van der Waals surface area contributed by atoms with Crippen LogP contribution >= 0.6 is 11.6 Å². The van der Waals surface area contributed by atoms with Gasteiger partial charge in [0, 0.05) is 13.1 Å². The Hall–Kier alpha value is -1.07. The van der Waals surface area contributed by atoms with Crippen molar-refractivity contribution in [2.24, 2.45) is 0 Å². The largest absolute Gasteiger partial charge is 0.467 e. The van der Waals surface area contributed by atoms with Crippen LogP contribution in [0.5, 0.6) is 6.01 Å². The minimum Gasteiger partial charge on any atom is -0.467 e. The Labute approximate surface area is 99.0 Å². The molecule has 2 rings (SSSR count). The average Bonchev–Trinajstić information content (AvgIpc) is 2.30. The third kappa shape index (κ3) is 2.36. The molecule has 0 aliphatic carbocycles. The van der Waals surface area contributed by atoms with Crippen LogP contribution in [0.3, 0.4) is 0 Å². The maximum atomic E-state index is 9.60. The van der Waals surface area contributed by atoms with Gasteiger partial charge < -0.3 is 14.7 Å². The lowest BCUT2D eigenvalue weighted by molar-refractivity contribution is 0.153. The number of hydrogen-bond acceptors (Lipinski definition) is 5. The summed E-state index contributed by atoms with van der Waals surface area (Å²) in [7, 11) is 1.51. The minimum absolute atomic E-state index is 0.291. The molecule has 88 valence electrons. The second-order valence-electron chi connectivity index (χ2n) is 3.77. The molecule has 0 spiro atoms. The predicted molar refractivity (Wildman–Crippen MR) is 61.0 cm³/mol. The number of anilines is 1. The summed E-state index contributed by atoms with van der Waals surface area (Å²) in [6, 6.07) is 0.291. The Morgan fingerprint density at radius 2 is 2.44 bits per heavy atom. The summed E-state index contributed by atoms with van der Waals surface area (Å²) in [4.78, 5) is 10.1. The Balaban J connectivity index is 2.24. The van der Waals surface area contributed by atoms with E-state index in [4.69, 9.17) is 16.3 Å². The van der Waals surface area contributed by atoms with E-state index in [-0.39, 0.29) is 6.10 Å². The smallest absolute Gasteiger partial charge is 0.318 e. The van der Waals surface area contributed by atoms with E-state index in [1.54, 1.807) is 0 Å². The van der Waals surface area contributed by atoms with Crippen LogP contribution in [0.2, 0.25) is 5.02 Å². The highest BCUT2D eigenvalue weighted by atomic mass is 35.5. The average molecular weight is 244 g/mol. The maximum absolute atomic E-state index is 9.60. The summed E-state index contributed by atoms with van der Waals surface area (Å²) in [6.45, 7) is 1.40. The maximum Gasteiger partial charge on any atom is 0.318 e.